The quantitative estimate of drug-likeness (QED) is 0.635. The Hall–Kier alpha value is -1.67. The highest BCUT2D eigenvalue weighted by Gasteiger charge is 2.25. The van der Waals surface area contributed by atoms with E-state index < -0.39 is 0 Å². The van der Waals surface area contributed by atoms with Crippen molar-refractivity contribution < 1.29 is 14.6 Å². The van der Waals surface area contributed by atoms with E-state index in [-0.39, 0.29) is 30.4 Å². The van der Waals surface area contributed by atoms with Crippen LogP contribution in [0.5, 0.6) is 0 Å². The first-order chi connectivity index (χ1) is 8.70. The summed E-state index contributed by atoms with van der Waals surface area (Å²) in [5.74, 6) is 0.0431. The van der Waals surface area contributed by atoms with Crippen LogP contribution < -0.4 is 5.73 Å². The van der Waals surface area contributed by atoms with Gasteiger partial charge in [0.15, 0.2) is 0 Å². The van der Waals surface area contributed by atoms with Gasteiger partial charge in [0.05, 0.1) is 19.3 Å². The minimum Gasteiger partial charge on any atom is -0.394 e. The summed E-state index contributed by atoms with van der Waals surface area (Å²) in [6.45, 7) is 1.58. The normalized spacial score (nSPS) is 17.1. The molecule has 0 aliphatic carbocycles. The van der Waals surface area contributed by atoms with Gasteiger partial charge in [-0.2, -0.15) is 4.98 Å². The zero-order valence-corrected chi connectivity index (χ0v) is 10.0. The number of amides is 1. The Morgan fingerprint density at radius 2 is 2.28 bits per heavy atom. The Bertz CT molecular complexity index is 400. The van der Waals surface area contributed by atoms with Gasteiger partial charge in [-0.15, -0.1) is 5.10 Å². The minimum absolute atomic E-state index is 0.0243. The molecule has 1 aromatic rings. The monoisotopic (exact) mass is 255 g/mol. The van der Waals surface area contributed by atoms with Crippen molar-refractivity contribution in [3.63, 3.8) is 0 Å². The average Bonchev–Trinajstić information content (AvgIpc) is 2.83. The fourth-order valence-corrected chi connectivity index (χ4v) is 1.97. The lowest BCUT2D eigenvalue weighted by atomic mass is 10.1. The number of nitrogens with zero attached hydrogens (tertiary/aromatic N) is 3. The number of ether oxygens (including phenoxy) is 1. The van der Waals surface area contributed by atoms with Gasteiger partial charge < -0.3 is 20.5 Å². The van der Waals surface area contributed by atoms with Gasteiger partial charge in [0.2, 0.25) is 11.8 Å². The molecule has 1 aliphatic heterocycles. The second kappa shape index (κ2) is 5.78. The largest absolute Gasteiger partial charge is 0.394 e. The van der Waals surface area contributed by atoms with E-state index in [0.717, 1.165) is 12.8 Å². The molecule has 0 spiro atoms. The van der Waals surface area contributed by atoms with Crippen molar-refractivity contribution in [2.45, 2.75) is 18.9 Å². The van der Waals surface area contributed by atoms with E-state index in [2.05, 4.69) is 15.2 Å². The fourth-order valence-electron chi connectivity index (χ4n) is 1.97. The lowest BCUT2D eigenvalue weighted by Crippen LogP contribution is -2.41. The average molecular weight is 255 g/mol. The summed E-state index contributed by atoms with van der Waals surface area (Å²) in [5.41, 5.74) is 5.35. The predicted octanol–water partition coefficient (Wildman–Crippen LogP) is -1.000. The molecule has 0 radical (unpaired) electrons. The van der Waals surface area contributed by atoms with Gasteiger partial charge in [-0.05, 0) is 12.8 Å². The number of piperidine rings is 1. The third-order valence-electron chi connectivity index (χ3n) is 2.88. The van der Waals surface area contributed by atoms with Crippen molar-refractivity contribution in [2.24, 2.45) is 0 Å². The zero-order valence-electron chi connectivity index (χ0n) is 10.0. The van der Waals surface area contributed by atoms with Crippen molar-refractivity contribution in [3.05, 3.63) is 5.82 Å². The molecule has 18 heavy (non-hydrogen) atoms. The van der Waals surface area contributed by atoms with E-state index in [1.54, 1.807) is 4.90 Å². The molecule has 0 saturated carbocycles. The fraction of sp³-hybridized carbons (Fsp3) is 0.700. The molecule has 0 bridgehead atoms. The smallest absolute Gasteiger partial charge is 0.291 e. The Morgan fingerprint density at radius 1 is 1.56 bits per heavy atom. The molecule has 0 aromatic carbocycles. The van der Waals surface area contributed by atoms with Gasteiger partial charge >= 0.3 is 0 Å². The van der Waals surface area contributed by atoms with Gasteiger partial charge in [-0.3, -0.25) is 9.89 Å². The molecule has 4 N–H and O–H groups in total. The standard InChI is InChI=1S/C10H17N5O3/c11-10-12-8(13-14-10)9(17)15-3-1-7(2-4-15)18-6-5-16/h7,16H,1-6H2,(H3,11,12,13,14). The molecule has 2 rings (SSSR count). The topological polar surface area (TPSA) is 117 Å². The van der Waals surface area contributed by atoms with E-state index in [0.29, 0.717) is 19.7 Å². The SMILES string of the molecule is Nc1n[nH]c(C(=O)N2CCC(OCCO)CC2)n1. The number of aliphatic hydroxyl groups excluding tert-OH is 1. The lowest BCUT2D eigenvalue weighted by Gasteiger charge is -2.31. The number of hydrogen-bond acceptors (Lipinski definition) is 6. The Kier molecular flexibility index (Phi) is 4.11. The number of aromatic amines is 1. The van der Waals surface area contributed by atoms with Crippen molar-refractivity contribution in [1.29, 1.82) is 0 Å². The molecule has 8 nitrogen and oxygen atoms in total. The number of carbonyl (C=O) groups excluding carboxylic acids is 1. The van der Waals surface area contributed by atoms with Gasteiger partial charge in [-0.1, -0.05) is 0 Å². The highest BCUT2D eigenvalue weighted by molar-refractivity contribution is 5.90. The molecule has 2 heterocycles. The van der Waals surface area contributed by atoms with Crippen LogP contribution in [0.4, 0.5) is 5.95 Å². The molecule has 1 fully saturated rings. The highest BCUT2D eigenvalue weighted by Crippen LogP contribution is 2.15. The van der Waals surface area contributed by atoms with Crippen LogP contribution in [-0.4, -0.2) is 63.5 Å². The van der Waals surface area contributed by atoms with E-state index in [9.17, 15) is 4.79 Å². The summed E-state index contributed by atoms with van der Waals surface area (Å²) in [5, 5.41) is 14.8. The number of aliphatic hydroxyl groups is 1. The molecule has 100 valence electrons. The first kappa shape index (κ1) is 12.8. The third-order valence-corrected chi connectivity index (χ3v) is 2.88. The third kappa shape index (κ3) is 2.96. The molecule has 1 amide bonds. The van der Waals surface area contributed by atoms with E-state index in [1.807, 2.05) is 0 Å². The molecular formula is C10H17N5O3. The van der Waals surface area contributed by atoms with Crippen molar-refractivity contribution >= 4 is 11.9 Å². The number of likely N-dealkylation sites (tertiary alicyclic amines) is 1. The van der Waals surface area contributed by atoms with Crippen LogP contribution in [-0.2, 0) is 4.74 Å². The number of anilines is 1. The molecule has 8 heteroatoms. The second-order valence-corrected chi connectivity index (χ2v) is 4.13. The van der Waals surface area contributed by atoms with Gasteiger partial charge in [-0.25, -0.2) is 0 Å². The number of carbonyl (C=O) groups is 1. The van der Waals surface area contributed by atoms with E-state index in [4.69, 9.17) is 15.6 Å². The van der Waals surface area contributed by atoms with Crippen molar-refractivity contribution in [1.82, 2.24) is 20.1 Å². The Labute approximate surface area is 104 Å². The number of H-pyrrole nitrogens is 1. The van der Waals surface area contributed by atoms with Crippen LogP contribution in [0.25, 0.3) is 0 Å². The Balaban J connectivity index is 1.84. The molecule has 1 aliphatic rings. The van der Waals surface area contributed by atoms with Crippen LogP contribution in [0.2, 0.25) is 0 Å². The summed E-state index contributed by atoms with van der Waals surface area (Å²) < 4.78 is 5.43. The number of nitrogens with two attached hydrogens (primary N) is 1. The maximum absolute atomic E-state index is 12.0. The number of nitrogen functional groups attached to an aromatic ring is 1. The summed E-state index contributed by atoms with van der Waals surface area (Å²) in [6.07, 6.45) is 1.63. The van der Waals surface area contributed by atoms with E-state index in [1.165, 1.54) is 0 Å². The lowest BCUT2D eigenvalue weighted by molar-refractivity contribution is -0.00575. The van der Waals surface area contributed by atoms with Crippen LogP contribution in [0.1, 0.15) is 23.5 Å². The van der Waals surface area contributed by atoms with Crippen LogP contribution in [0, 0.1) is 0 Å². The number of nitrogens with one attached hydrogen (secondary N) is 1. The molecule has 0 unspecified atom stereocenters. The second-order valence-electron chi connectivity index (χ2n) is 4.13. The molecule has 1 saturated heterocycles. The maximum atomic E-state index is 12.0. The van der Waals surface area contributed by atoms with Gasteiger partial charge in [0, 0.05) is 13.1 Å². The van der Waals surface area contributed by atoms with Gasteiger partial charge in [0.1, 0.15) is 0 Å². The summed E-state index contributed by atoms with van der Waals surface area (Å²) in [6, 6.07) is 0. The first-order valence-corrected chi connectivity index (χ1v) is 5.90. The minimum atomic E-state index is -0.195. The van der Waals surface area contributed by atoms with Crippen LogP contribution in [0.3, 0.4) is 0 Å². The zero-order chi connectivity index (χ0) is 13.0. The number of aromatic nitrogens is 3. The highest BCUT2D eigenvalue weighted by atomic mass is 16.5. The predicted molar refractivity (Wildman–Crippen MR) is 62.8 cm³/mol. The summed E-state index contributed by atoms with van der Waals surface area (Å²) >= 11 is 0. The van der Waals surface area contributed by atoms with Gasteiger partial charge in [0.25, 0.3) is 5.91 Å². The van der Waals surface area contributed by atoms with Crippen LogP contribution >= 0.6 is 0 Å². The first-order valence-electron chi connectivity index (χ1n) is 5.90. The molecular weight excluding hydrogens is 238 g/mol. The summed E-state index contributed by atoms with van der Waals surface area (Å²) in [4.78, 5) is 17.5. The number of hydrogen-bond donors (Lipinski definition) is 3. The maximum Gasteiger partial charge on any atom is 0.291 e. The molecule has 0 atom stereocenters. The number of rotatable bonds is 4. The summed E-state index contributed by atoms with van der Waals surface area (Å²) in [7, 11) is 0. The van der Waals surface area contributed by atoms with E-state index >= 15 is 0 Å². The van der Waals surface area contributed by atoms with Crippen molar-refractivity contribution in [3.8, 4) is 0 Å². The van der Waals surface area contributed by atoms with Crippen LogP contribution in [0.15, 0.2) is 0 Å². The Morgan fingerprint density at radius 3 is 2.83 bits per heavy atom. The molecule has 1 aromatic heterocycles. The van der Waals surface area contributed by atoms with Crippen molar-refractivity contribution in [2.75, 3.05) is 32.0 Å².